The number of nitrogens with one attached hydrogen (secondary N) is 2. The molecule has 0 heterocycles. The van der Waals surface area contributed by atoms with Gasteiger partial charge in [0.25, 0.3) is 0 Å². The number of likely N-dealkylation sites (N-methyl/N-ethyl adjacent to an activating group) is 1. The predicted molar refractivity (Wildman–Crippen MR) is 108 cm³/mol. The lowest BCUT2D eigenvalue weighted by Crippen LogP contribution is -2.40. The molecule has 3 rings (SSSR count). The zero-order valence-electron chi connectivity index (χ0n) is 15.8. The van der Waals surface area contributed by atoms with Crippen molar-refractivity contribution in [3.8, 4) is 0 Å². The summed E-state index contributed by atoms with van der Waals surface area (Å²) in [5.41, 5.74) is 1.30. The monoisotopic (exact) mass is 379 g/mol. The van der Waals surface area contributed by atoms with Gasteiger partial charge in [0, 0.05) is 12.2 Å². The number of carbonyl (C=O) groups is 2. The lowest BCUT2D eigenvalue weighted by atomic mass is 9.98. The van der Waals surface area contributed by atoms with E-state index in [1.807, 2.05) is 61.5 Å². The normalized spacial score (nSPS) is 12.0. The van der Waals surface area contributed by atoms with Gasteiger partial charge in [-0.1, -0.05) is 48.5 Å². The van der Waals surface area contributed by atoms with Crippen molar-refractivity contribution in [1.29, 1.82) is 0 Å². The van der Waals surface area contributed by atoms with E-state index in [1.165, 1.54) is 18.2 Å². The molecule has 0 radical (unpaired) electrons. The number of amides is 2. The smallest absolute Gasteiger partial charge is 0.313 e. The molecule has 0 aliphatic heterocycles. The largest absolute Gasteiger partial charge is 0.346 e. The van der Waals surface area contributed by atoms with Crippen molar-refractivity contribution in [2.24, 2.45) is 0 Å². The molecule has 0 fully saturated rings. The van der Waals surface area contributed by atoms with Crippen LogP contribution < -0.4 is 10.6 Å². The van der Waals surface area contributed by atoms with Crippen LogP contribution in [0.2, 0.25) is 0 Å². The Hall–Kier alpha value is -3.25. The Balaban J connectivity index is 1.71. The molecule has 6 heteroatoms. The number of hydrogen-bond acceptors (Lipinski definition) is 3. The van der Waals surface area contributed by atoms with Crippen LogP contribution in [0.5, 0.6) is 0 Å². The van der Waals surface area contributed by atoms with Gasteiger partial charge in [0.2, 0.25) is 0 Å². The van der Waals surface area contributed by atoms with Crippen molar-refractivity contribution in [3.63, 3.8) is 0 Å². The number of benzene rings is 3. The molecule has 0 aliphatic rings. The van der Waals surface area contributed by atoms with Gasteiger partial charge in [-0.15, -0.1) is 0 Å². The lowest BCUT2D eigenvalue weighted by molar-refractivity contribution is -0.136. The minimum absolute atomic E-state index is 0.114. The summed E-state index contributed by atoms with van der Waals surface area (Å²) in [6.07, 6.45) is 0. The Bertz CT molecular complexity index is 998. The van der Waals surface area contributed by atoms with Gasteiger partial charge in [0.1, 0.15) is 5.82 Å². The molecular formula is C22H22FN3O2. The fourth-order valence-electron chi connectivity index (χ4n) is 3.14. The molecule has 0 saturated carbocycles. The molecular weight excluding hydrogens is 357 g/mol. The lowest BCUT2D eigenvalue weighted by Gasteiger charge is -2.26. The number of nitrogens with zero attached hydrogens (tertiary/aromatic N) is 1. The Labute approximate surface area is 163 Å². The van der Waals surface area contributed by atoms with Crippen LogP contribution in [0.3, 0.4) is 0 Å². The molecule has 2 amide bonds. The summed E-state index contributed by atoms with van der Waals surface area (Å²) in [5, 5.41) is 7.29. The highest BCUT2D eigenvalue weighted by Crippen LogP contribution is 2.26. The van der Waals surface area contributed by atoms with Gasteiger partial charge in [0.05, 0.1) is 6.04 Å². The molecule has 1 atom stereocenters. The number of fused-ring (bicyclic) bond motifs is 1. The van der Waals surface area contributed by atoms with E-state index in [9.17, 15) is 14.0 Å². The summed E-state index contributed by atoms with van der Waals surface area (Å²) in [6.45, 7) is 0.260. The van der Waals surface area contributed by atoms with Crippen molar-refractivity contribution >= 4 is 28.3 Å². The van der Waals surface area contributed by atoms with Gasteiger partial charge in [-0.25, -0.2) is 4.39 Å². The molecule has 1 unspecified atom stereocenters. The second kappa shape index (κ2) is 8.63. The average molecular weight is 379 g/mol. The highest BCUT2D eigenvalue weighted by Gasteiger charge is 2.20. The van der Waals surface area contributed by atoms with Crippen LogP contribution in [-0.4, -0.2) is 37.4 Å². The van der Waals surface area contributed by atoms with E-state index in [0.29, 0.717) is 0 Å². The van der Waals surface area contributed by atoms with E-state index in [4.69, 9.17) is 0 Å². The molecule has 3 aromatic rings. The number of rotatable bonds is 5. The Morgan fingerprint density at radius 1 is 0.964 bits per heavy atom. The third-order valence-electron chi connectivity index (χ3n) is 4.55. The van der Waals surface area contributed by atoms with Crippen LogP contribution in [0.25, 0.3) is 10.8 Å². The first-order valence-corrected chi connectivity index (χ1v) is 8.94. The van der Waals surface area contributed by atoms with Gasteiger partial charge in [-0.05, 0) is 48.6 Å². The van der Waals surface area contributed by atoms with Crippen molar-refractivity contribution in [3.05, 3.63) is 78.1 Å². The SMILES string of the molecule is CN(C)C(CNC(=O)C(=O)Nc1cccc(F)c1)c1cccc2ccccc12. The average Bonchev–Trinajstić information content (AvgIpc) is 2.68. The molecule has 28 heavy (non-hydrogen) atoms. The predicted octanol–water partition coefficient (Wildman–Crippen LogP) is 3.34. The fourth-order valence-corrected chi connectivity index (χ4v) is 3.14. The number of carbonyl (C=O) groups excluding carboxylic acids is 2. The Morgan fingerprint density at radius 2 is 1.68 bits per heavy atom. The van der Waals surface area contributed by atoms with E-state index in [1.54, 1.807) is 0 Å². The zero-order valence-corrected chi connectivity index (χ0v) is 15.8. The number of halogens is 1. The van der Waals surface area contributed by atoms with Crippen molar-refractivity contribution in [2.45, 2.75) is 6.04 Å². The Morgan fingerprint density at radius 3 is 2.43 bits per heavy atom. The van der Waals surface area contributed by atoms with Crippen LogP contribution in [0, 0.1) is 5.82 Å². The van der Waals surface area contributed by atoms with Crippen LogP contribution in [0.4, 0.5) is 10.1 Å². The van der Waals surface area contributed by atoms with Gasteiger partial charge in [-0.3, -0.25) is 9.59 Å². The fraction of sp³-hybridized carbons (Fsp3) is 0.182. The van der Waals surface area contributed by atoms with E-state index >= 15 is 0 Å². The maximum atomic E-state index is 13.2. The summed E-state index contributed by atoms with van der Waals surface area (Å²) in [6, 6.07) is 19.4. The molecule has 0 spiro atoms. The topological polar surface area (TPSA) is 61.4 Å². The van der Waals surface area contributed by atoms with Crippen LogP contribution >= 0.6 is 0 Å². The molecule has 5 nitrogen and oxygen atoms in total. The van der Waals surface area contributed by atoms with Crippen LogP contribution in [-0.2, 0) is 9.59 Å². The second-order valence-electron chi connectivity index (χ2n) is 6.72. The van der Waals surface area contributed by atoms with Gasteiger partial charge in [-0.2, -0.15) is 0 Å². The van der Waals surface area contributed by atoms with E-state index in [2.05, 4.69) is 10.6 Å². The molecule has 144 valence electrons. The summed E-state index contributed by atoms with van der Waals surface area (Å²) in [7, 11) is 3.84. The third-order valence-corrected chi connectivity index (χ3v) is 4.55. The van der Waals surface area contributed by atoms with Crippen molar-refractivity contribution in [2.75, 3.05) is 26.0 Å². The first-order valence-electron chi connectivity index (χ1n) is 8.94. The van der Waals surface area contributed by atoms with Crippen LogP contribution in [0.15, 0.2) is 66.7 Å². The van der Waals surface area contributed by atoms with Gasteiger partial charge >= 0.3 is 11.8 Å². The molecule has 0 aromatic heterocycles. The number of hydrogen-bond donors (Lipinski definition) is 2. The summed E-state index contributed by atoms with van der Waals surface area (Å²) in [5.74, 6) is -2.08. The molecule has 0 saturated heterocycles. The van der Waals surface area contributed by atoms with E-state index < -0.39 is 17.6 Å². The summed E-state index contributed by atoms with van der Waals surface area (Å²) < 4.78 is 13.2. The highest BCUT2D eigenvalue weighted by molar-refractivity contribution is 6.39. The van der Waals surface area contributed by atoms with Gasteiger partial charge < -0.3 is 15.5 Å². The standard InChI is InChI=1S/C22H22FN3O2/c1-26(2)20(19-12-5-8-15-7-3-4-11-18(15)19)14-24-21(27)22(28)25-17-10-6-9-16(23)13-17/h3-13,20H,14H2,1-2H3,(H,24,27)(H,25,28). The summed E-state index contributed by atoms with van der Waals surface area (Å²) in [4.78, 5) is 26.3. The second-order valence-corrected chi connectivity index (χ2v) is 6.72. The maximum absolute atomic E-state index is 13.2. The first-order chi connectivity index (χ1) is 13.5. The molecule has 3 aromatic carbocycles. The molecule has 0 aliphatic carbocycles. The van der Waals surface area contributed by atoms with Crippen molar-refractivity contribution < 1.29 is 14.0 Å². The highest BCUT2D eigenvalue weighted by atomic mass is 19.1. The minimum atomic E-state index is -0.832. The Kier molecular flexibility index (Phi) is 6.01. The van der Waals surface area contributed by atoms with Crippen molar-refractivity contribution in [1.82, 2.24) is 10.2 Å². The summed E-state index contributed by atoms with van der Waals surface area (Å²) >= 11 is 0. The van der Waals surface area contributed by atoms with Crippen LogP contribution in [0.1, 0.15) is 11.6 Å². The third kappa shape index (κ3) is 4.53. The van der Waals surface area contributed by atoms with Gasteiger partial charge in [0.15, 0.2) is 0 Å². The molecule has 2 N–H and O–H groups in total. The first kappa shape index (κ1) is 19.5. The quantitative estimate of drug-likeness (QED) is 0.669. The molecule has 0 bridgehead atoms. The van der Waals surface area contributed by atoms with E-state index in [0.717, 1.165) is 22.4 Å². The number of anilines is 1. The van der Waals surface area contributed by atoms with E-state index in [-0.39, 0.29) is 18.3 Å². The zero-order chi connectivity index (χ0) is 20.1. The minimum Gasteiger partial charge on any atom is -0.346 e. The maximum Gasteiger partial charge on any atom is 0.313 e.